The summed E-state index contributed by atoms with van der Waals surface area (Å²) in [4.78, 5) is 5.24. The summed E-state index contributed by atoms with van der Waals surface area (Å²) in [5, 5.41) is 12.7. The molecule has 0 aliphatic heterocycles. The van der Waals surface area contributed by atoms with Crippen molar-refractivity contribution in [1.82, 2.24) is 9.13 Å². The number of rotatable bonds is 10. The van der Waals surface area contributed by atoms with Crippen LogP contribution in [-0.2, 0) is 25.7 Å². The minimum atomic E-state index is 0.419. The van der Waals surface area contributed by atoms with E-state index in [4.69, 9.17) is 0 Å². The number of fused-ring (bicyclic) bond motifs is 8. The van der Waals surface area contributed by atoms with Gasteiger partial charge >= 0.3 is 0 Å². The van der Waals surface area contributed by atoms with Crippen LogP contribution in [0.3, 0.4) is 0 Å². The van der Waals surface area contributed by atoms with Gasteiger partial charge in [0.25, 0.3) is 0 Å². The van der Waals surface area contributed by atoms with E-state index >= 15 is 0 Å². The van der Waals surface area contributed by atoms with Gasteiger partial charge in [0.05, 0.1) is 33.4 Å². The molecule has 14 aromatic rings. The number of nitrogens with zero attached hydrogens (tertiary/aromatic N) is 4. The van der Waals surface area contributed by atoms with E-state index in [-0.39, 0.29) is 0 Å². The molecular weight excluding hydrogens is 993 g/mol. The van der Waals surface area contributed by atoms with Gasteiger partial charge in [0.15, 0.2) is 0 Å². The molecule has 2 aliphatic rings. The third-order valence-corrected chi connectivity index (χ3v) is 18.7. The second kappa shape index (κ2) is 19.3. The van der Waals surface area contributed by atoms with Crippen molar-refractivity contribution in [2.75, 3.05) is 9.80 Å². The molecule has 2 aliphatic carbocycles. The molecule has 0 radical (unpaired) electrons. The van der Waals surface area contributed by atoms with E-state index in [2.05, 4.69) is 265 Å². The summed E-state index contributed by atoms with van der Waals surface area (Å²) in [5.41, 5.74) is 23.1. The maximum atomic E-state index is 2.62. The predicted octanol–water partition coefficient (Wildman–Crippen LogP) is 21.7. The minimum Gasteiger partial charge on any atom is -0.310 e. The maximum absolute atomic E-state index is 2.62. The van der Waals surface area contributed by atoms with Gasteiger partial charge in [0.1, 0.15) is 0 Å². The van der Waals surface area contributed by atoms with Crippen LogP contribution in [0.1, 0.15) is 98.6 Å². The lowest BCUT2D eigenvalue weighted by atomic mass is 9.88. The van der Waals surface area contributed by atoms with Gasteiger partial charge in [0, 0.05) is 66.4 Å². The SMILES string of the molecule is CC(C)c1cccc(-n2c3ccccc3c3ccc(N(c4cccc5c4CCCC5)c4ccc5ccc6c(N(c7ccc8c9ccccc9n(-c9cccc(C(C)C)c9)c8c7)c7cccc8c7CCCC8)ccc7ccc4c5c76)cc32)c1. The van der Waals surface area contributed by atoms with Crippen LogP contribution in [0.4, 0.5) is 34.1 Å². The molecule has 0 saturated carbocycles. The van der Waals surface area contributed by atoms with Crippen molar-refractivity contribution >= 4 is 110 Å². The maximum Gasteiger partial charge on any atom is 0.0561 e. The minimum absolute atomic E-state index is 0.419. The lowest BCUT2D eigenvalue weighted by Crippen LogP contribution is -2.16. The second-order valence-electron chi connectivity index (χ2n) is 24.1. The predicted molar refractivity (Wildman–Crippen MR) is 350 cm³/mol. The Morgan fingerprint density at radius 2 is 0.720 bits per heavy atom. The Hall–Kier alpha value is -9.12. The Morgan fingerprint density at radius 1 is 0.317 bits per heavy atom. The van der Waals surface area contributed by atoms with Crippen LogP contribution in [0.5, 0.6) is 0 Å². The number of benzene rings is 12. The summed E-state index contributed by atoms with van der Waals surface area (Å²) in [6, 6.07) is 84.1. The molecule has 0 atom stereocenters. The van der Waals surface area contributed by atoms with Gasteiger partial charge in [-0.15, -0.1) is 0 Å². The molecule has 0 spiro atoms. The largest absolute Gasteiger partial charge is 0.310 e. The summed E-state index contributed by atoms with van der Waals surface area (Å²) in [7, 11) is 0. The second-order valence-corrected chi connectivity index (χ2v) is 24.1. The Kier molecular flexibility index (Phi) is 11.5. The summed E-state index contributed by atoms with van der Waals surface area (Å²) in [6.07, 6.45) is 9.20. The van der Waals surface area contributed by atoms with E-state index in [1.54, 1.807) is 0 Å². The fourth-order valence-electron chi connectivity index (χ4n) is 14.7. The number of aryl methyl sites for hydroxylation is 2. The van der Waals surface area contributed by atoms with E-state index in [0.717, 1.165) is 37.1 Å². The normalized spacial score (nSPS) is 13.7. The van der Waals surface area contributed by atoms with Crippen molar-refractivity contribution in [3.05, 3.63) is 252 Å². The van der Waals surface area contributed by atoms with Crippen molar-refractivity contribution in [3.63, 3.8) is 0 Å². The highest BCUT2D eigenvalue weighted by Crippen LogP contribution is 2.51. The standard InChI is InChI=1S/C78H66N4/c1-49(2)55-21-13-23-57(45-55)81-71-29-11-9-27-63(71)65-41-37-59(47-75(65)81)79(69-31-15-19-51-17-5-7-25-61(51)69)73-43-35-53-34-40-68-74(44-36-54-33-39-67(73)77(53)78(54)68)80(70-32-16-20-52-18-6-8-26-62(52)70)60-38-42-66-64-28-10-12-30-72(64)82(76(66)48-60)58-24-14-22-56(46-58)50(3)4/h9-16,19-24,27-50H,5-8,17-18,25-26H2,1-4H3. The number of hydrogen-bond acceptors (Lipinski definition) is 2. The van der Waals surface area contributed by atoms with Crippen LogP contribution in [0.25, 0.3) is 87.3 Å². The highest BCUT2D eigenvalue weighted by atomic mass is 15.2. The van der Waals surface area contributed by atoms with Gasteiger partial charge in [-0.3, -0.25) is 0 Å². The first-order valence-electron chi connectivity index (χ1n) is 30.1. The van der Waals surface area contributed by atoms with Crippen molar-refractivity contribution < 1.29 is 0 Å². The third-order valence-electron chi connectivity index (χ3n) is 18.7. The first-order chi connectivity index (χ1) is 40.3. The van der Waals surface area contributed by atoms with Crippen LogP contribution >= 0.6 is 0 Å². The molecule has 82 heavy (non-hydrogen) atoms. The van der Waals surface area contributed by atoms with Crippen LogP contribution in [-0.4, -0.2) is 9.13 Å². The van der Waals surface area contributed by atoms with Gasteiger partial charge in [-0.05, 0) is 203 Å². The summed E-state index contributed by atoms with van der Waals surface area (Å²) >= 11 is 0. The number of anilines is 6. The summed E-state index contributed by atoms with van der Waals surface area (Å²) in [5.74, 6) is 0.838. The average molecular weight is 1060 g/mol. The Balaban J connectivity index is 0.939. The van der Waals surface area contributed by atoms with E-state index < -0.39 is 0 Å². The molecular formula is C78H66N4. The van der Waals surface area contributed by atoms with Gasteiger partial charge in [-0.1, -0.05) is 161 Å². The molecule has 0 N–H and O–H groups in total. The fourth-order valence-corrected chi connectivity index (χ4v) is 14.7. The van der Waals surface area contributed by atoms with Crippen LogP contribution in [0, 0.1) is 0 Å². The number of hydrogen-bond donors (Lipinski definition) is 0. The first kappa shape index (κ1) is 48.8. The summed E-state index contributed by atoms with van der Waals surface area (Å²) < 4.78 is 5.00. The monoisotopic (exact) mass is 1060 g/mol. The van der Waals surface area contributed by atoms with E-state index in [9.17, 15) is 0 Å². The number of aromatic nitrogens is 2. The molecule has 398 valence electrons. The zero-order valence-electron chi connectivity index (χ0n) is 47.4. The number of para-hydroxylation sites is 2. The zero-order chi connectivity index (χ0) is 54.7. The van der Waals surface area contributed by atoms with Gasteiger partial charge < -0.3 is 18.9 Å². The fraction of sp³-hybridized carbons (Fsp3) is 0.179. The van der Waals surface area contributed by atoms with E-state index in [0.29, 0.717) is 11.8 Å². The lowest BCUT2D eigenvalue weighted by Gasteiger charge is -2.33. The zero-order valence-corrected chi connectivity index (χ0v) is 47.4. The topological polar surface area (TPSA) is 16.3 Å². The van der Waals surface area contributed by atoms with Crippen molar-refractivity contribution in [2.24, 2.45) is 0 Å². The van der Waals surface area contributed by atoms with E-state index in [1.807, 2.05) is 0 Å². The molecule has 2 heterocycles. The van der Waals surface area contributed by atoms with Gasteiger partial charge in [0.2, 0.25) is 0 Å². The quantitative estimate of drug-likeness (QED) is 0.127. The molecule has 0 unspecified atom stereocenters. The van der Waals surface area contributed by atoms with Crippen LogP contribution in [0.15, 0.2) is 218 Å². The molecule has 16 rings (SSSR count). The molecule has 0 amide bonds. The van der Waals surface area contributed by atoms with Gasteiger partial charge in [-0.25, -0.2) is 0 Å². The van der Waals surface area contributed by atoms with E-state index in [1.165, 1.54) is 169 Å². The molecule has 4 nitrogen and oxygen atoms in total. The molecule has 12 aromatic carbocycles. The van der Waals surface area contributed by atoms with Gasteiger partial charge in [-0.2, -0.15) is 0 Å². The van der Waals surface area contributed by atoms with Crippen molar-refractivity contribution in [2.45, 2.75) is 90.9 Å². The molecule has 4 heteroatoms. The average Bonchev–Trinajstić information content (AvgIpc) is 2.87. The smallest absolute Gasteiger partial charge is 0.0561 e. The van der Waals surface area contributed by atoms with Crippen molar-refractivity contribution in [3.8, 4) is 11.4 Å². The molecule has 0 saturated heterocycles. The molecule has 2 aromatic heterocycles. The third kappa shape index (κ3) is 7.64. The van der Waals surface area contributed by atoms with Crippen LogP contribution in [0.2, 0.25) is 0 Å². The van der Waals surface area contributed by atoms with Crippen molar-refractivity contribution in [1.29, 1.82) is 0 Å². The Bertz CT molecular complexity index is 4550. The first-order valence-corrected chi connectivity index (χ1v) is 30.1. The Labute approximate surface area is 480 Å². The highest BCUT2D eigenvalue weighted by Gasteiger charge is 2.28. The molecule has 0 bridgehead atoms. The highest BCUT2D eigenvalue weighted by molar-refractivity contribution is 6.28. The van der Waals surface area contributed by atoms with Crippen LogP contribution < -0.4 is 9.80 Å². The molecule has 0 fully saturated rings. The Morgan fingerprint density at radius 3 is 1.18 bits per heavy atom. The summed E-state index contributed by atoms with van der Waals surface area (Å²) in [6.45, 7) is 9.16. The lowest BCUT2D eigenvalue weighted by molar-refractivity contribution is 0.686.